The van der Waals surface area contributed by atoms with E-state index < -0.39 is 5.41 Å². The zero-order valence-electron chi connectivity index (χ0n) is 11.3. The predicted octanol–water partition coefficient (Wildman–Crippen LogP) is 2.37. The highest BCUT2D eigenvalue weighted by Crippen LogP contribution is 2.42. The van der Waals surface area contributed by atoms with Crippen LogP contribution in [0, 0.1) is 0 Å². The monoisotopic (exact) mass is 244 g/mol. The van der Waals surface area contributed by atoms with Crippen LogP contribution >= 0.6 is 0 Å². The SMILES string of the molecule is CN1C(=O)C(C)(C)c2cc(C3CCCN3)ccc21. The maximum absolute atomic E-state index is 12.2. The number of anilines is 1. The molecule has 2 aliphatic heterocycles. The van der Waals surface area contributed by atoms with Gasteiger partial charge in [0.05, 0.1) is 5.41 Å². The minimum absolute atomic E-state index is 0.189. The summed E-state index contributed by atoms with van der Waals surface area (Å²) in [5, 5.41) is 3.52. The van der Waals surface area contributed by atoms with Crippen molar-refractivity contribution in [2.24, 2.45) is 0 Å². The van der Waals surface area contributed by atoms with Crippen molar-refractivity contribution in [1.29, 1.82) is 0 Å². The average Bonchev–Trinajstić information content (AvgIpc) is 2.94. The first-order valence-electron chi connectivity index (χ1n) is 6.68. The van der Waals surface area contributed by atoms with Gasteiger partial charge in [-0.3, -0.25) is 4.79 Å². The van der Waals surface area contributed by atoms with Gasteiger partial charge in [-0.15, -0.1) is 0 Å². The van der Waals surface area contributed by atoms with Gasteiger partial charge < -0.3 is 10.2 Å². The summed E-state index contributed by atoms with van der Waals surface area (Å²) < 4.78 is 0. The third kappa shape index (κ3) is 1.50. The Hall–Kier alpha value is -1.35. The molecule has 1 saturated heterocycles. The number of benzene rings is 1. The summed E-state index contributed by atoms with van der Waals surface area (Å²) in [6, 6.07) is 6.94. The number of nitrogens with zero attached hydrogens (tertiary/aromatic N) is 1. The molecule has 1 fully saturated rings. The molecule has 2 aliphatic rings. The number of rotatable bonds is 1. The van der Waals surface area contributed by atoms with Gasteiger partial charge in [0.2, 0.25) is 5.91 Å². The molecule has 3 nitrogen and oxygen atoms in total. The van der Waals surface area contributed by atoms with Gasteiger partial charge in [-0.25, -0.2) is 0 Å². The van der Waals surface area contributed by atoms with Gasteiger partial charge in [0.25, 0.3) is 0 Å². The van der Waals surface area contributed by atoms with Gasteiger partial charge >= 0.3 is 0 Å². The summed E-state index contributed by atoms with van der Waals surface area (Å²) in [4.78, 5) is 14.0. The van der Waals surface area contributed by atoms with Crippen LogP contribution in [0.1, 0.15) is 43.9 Å². The molecule has 0 saturated carbocycles. The van der Waals surface area contributed by atoms with Crippen LogP contribution in [0.3, 0.4) is 0 Å². The Bertz CT molecular complexity index is 501. The highest BCUT2D eigenvalue weighted by molar-refractivity contribution is 6.07. The zero-order chi connectivity index (χ0) is 12.9. The Labute approximate surface area is 108 Å². The first-order valence-corrected chi connectivity index (χ1v) is 6.68. The van der Waals surface area contributed by atoms with Gasteiger partial charge in [-0.1, -0.05) is 12.1 Å². The molecular formula is C15H20N2O. The van der Waals surface area contributed by atoms with Crippen LogP contribution in [-0.4, -0.2) is 19.5 Å². The predicted molar refractivity (Wildman–Crippen MR) is 72.9 cm³/mol. The lowest BCUT2D eigenvalue weighted by Crippen LogP contribution is -2.33. The van der Waals surface area contributed by atoms with Crippen molar-refractivity contribution >= 4 is 11.6 Å². The van der Waals surface area contributed by atoms with E-state index in [-0.39, 0.29) is 5.91 Å². The fourth-order valence-corrected chi connectivity index (χ4v) is 3.18. The van der Waals surface area contributed by atoms with E-state index >= 15 is 0 Å². The summed E-state index contributed by atoms with van der Waals surface area (Å²) in [6.45, 7) is 5.14. The molecule has 0 spiro atoms. The zero-order valence-corrected chi connectivity index (χ0v) is 11.3. The second kappa shape index (κ2) is 3.82. The largest absolute Gasteiger partial charge is 0.314 e. The summed E-state index contributed by atoms with van der Waals surface area (Å²) >= 11 is 0. The summed E-state index contributed by atoms with van der Waals surface area (Å²) in [6.07, 6.45) is 2.44. The van der Waals surface area contributed by atoms with Crippen molar-refractivity contribution in [2.45, 2.75) is 38.1 Å². The number of carbonyl (C=O) groups is 1. The van der Waals surface area contributed by atoms with Crippen LogP contribution in [0.2, 0.25) is 0 Å². The molecule has 0 bridgehead atoms. The first-order chi connectivity index (χ1) is 8.51. The normalized spacial score (nSPS) is 25.6. The molecule has 18 heavy (non-hydrogen) atoms. The van der Waals surface area contributed by atoms with Crippen molar-refractivity contribution in [3.8, 4) is 0 Å². The van der Waals surface area contributed by atoms with Gasteiger partial charge in [0, 0.05) is 18.8 Å². The molecule has 0 radical (unpaired) electrons. The van der Waals surface area contributed by atoms with Crippen LogP contribution in [-0.2, 0) is 10.2 Å². The van der Waals surface area contributed by atoms with Crippen LogP contribution in [0.4, 0.5) is 5.69 Å². The van der Waals surface area contributed by atoms with Crippen LogP contribution in [0.15, 0.2) is 18.2 Å². The highest BCUT2D eigenvalue weighted by atomic mass is 16.2. The van der Waals surface area contributed by atoms with E-state index in [0.717, 1.165) is 12.2 Å². The molecule has 1 N–H and O–H groups in total. The quantitative estimate of drug-likeness (QED) is 0.822. The number of hydrogen-bond acceptors (Lipinski definition) is 2. The Morgan fingerprint density at radius 1 is 1.39 bits per heavy atom. The fourth-order valence-electron chi connectivity index (χ4n) is 3.18. The molecule has 1 aromatic rings. The molecule has 2 heterocycles. The maximum atomic E-state index is 12.2. The topological polar surface area (TPSA) is 32.3 Å². The van der Waals surface area contributed by atoms with Crippen molar-refractivity contribution in [3.63, 3.8) is 0 Å². The molecular weight excluding hydrogens is 224 g/mol. The standard InChI is InChI=1S/C15H20N2O/c1-15(2)11-9-10(12-5-4-8-16-12)6-7-13(11)17(3)14(15)18/h6-7,9,12,16H,4-5,8H2,1-3H3. The molecule has 3 heteroatoms. The van der Waals surface area contributed by atoms with Crippen LogP contribution in [0.5, 0.6) is 0 Å². The number of carbonyl (C=O) groups excluding carboxylic acids is 1. The maximum Gasteiger partial charge on any atom is 0.236 e. The second-order valence-electron chi connectivity index (χ2n) is 5.91. The Morgan fingerprint density at radius 2 is 2.17 bits per heavy atom. The molecule has 1 aromatic carbocycles. The lowest BCUT2D eigenvalue weighted by atomic mass is 9.84. The molecule has 96 valence electrons. The average molecular weight is 244 g/mol. The molecule has 3 rings (SSSR count). The third-order valence-electron chi connectivity index (χ3n) is 4.36. The van der Waals surface area contributed by atoms with E-state index in [1.807, 2.05) is 20.9 Å². The molecule has 1 amide bonds. The Balaban J connectivity index is 2.06. The van der Waals surface area contributed by atoms with Crippen molar-refractivity contribution < 1.29 is 4.79 Å². The van der Waals surface area contributed by atoms with Crippen molar-refractivity contribution in [1.82, 2.24) is 5.32 Å². The fraction of sp³-hybridized carbons (Fsp3) is 0.533. The van der Waals surface area contributed by atoms with Gasteiger partial charge in [0.15, 0.2) is 0 Å². The van der Waals surface area contributed by atoms with E-state index in [1.54, 1.807) is 4.90 Å². The lowest BCUT2D eigenvalue weighted by molar-refractivity contribution is -0.121. The van der Waals surface area contributed by atoms with Gasteiger partial charge in [-0.05, 0) is 50.4 Å². The minimum Gasteiger partial charge on any atom is -0.314 e. The molecule has 0 aliphatic carbocycles. The number of hydrogen-bond donors (Lipinski definition) is 1. The van der Waals surface area contributed by atoms with E-state index in [2.05, 4.69) is 23.5 Å². The number of likely N-dealkylation sites (N-methyl/N-ethyl adjacent to an activating group) is 1. The van der Waals surface area contributed by atoms with E-state index in [1.165, 1.54) is 24.0 Å². The second-order valence-corrected chi connectivity index (χ2v) is 5.91. The van der Waals surface area contributed by atoms with Crippen molar-refractivity contribution in [3.05, 3.63) is 29.3 Å². The van der Waals surface area contributed by atoms with Gasteiger partial charge in [-0.2, -0.15) is 0 Å². The van der Waals surface area contributed by atoms with E-state index in [4.69, 9.17) is 0 Å². The number of fused-ring (bicyclic) bond motifs is 1. The van der Waals surface area contributed by atoms with E-state index in [0.29, 0.717) is 6.04 Å². The van der Waals surface area contributed by atoms with Crippen molar-refractivity contribution in [2.75, 3.05) is 18.5 Å². The highest BCUT2D eigenvalue weighted by Gasteiger charge is 2.42. The summed E-state index contributed by atoms with van der Waals surface area (Å²) in [7, 11) is 1.86. The number of nitrogens with one attached hydrogen (secondary N) is 1. The smallest absolute Gasteiger partial charge is 0.236 e. The Morgan fingerprint density at radius 3 is 2.83 bits per heavy atom. The first kappa shape index (κ1) is 11.7. The summed E-state index contributed by atoms with van der Waals surface area (Å²) in [5.41, 5.74) is 3.16. The Kier molecular flexibility index (Phi) is 2.49. The van der Waals surface area contributed by atoms with Crippen LogP contribution in [0.25, 0.3) is 0 Å². The minimum atomic E-state index is -0.390. The van der Waals surface area contributed by atoms with Gasteiger partial charge in [0.1, 0.15) is 0 Å². The third-order valence-corrected chi connectivity index (χ3v) is 4.36. The van der Waals surface area contributed by atoms with E-state index in [9.17, 15) is 4.79 Å². The number of amides is 1. The molecule has 1 unspecified atom stereocenters. The molecule has 0 aromatic heterocycles. The lowest BCUT2D eigenvalue weighted by Gasteiger charge is -2.18. The van der Waals surface area contributed by atoms with Crippen LogP contribution < -0.4 is 10.2 Å². The molecule has 1 atom stereocenters. The summed E-state index contributed by atoms with van der Waals surface area (Å²) in [5.74, 6) is 0.189.